The maximum atomic E-state index is 17.5. The van der Waals surface area contributed by atoms with Crippen molar-refractivity contribution in [2.24, 2.45) is 40.4 Å². The molecule has 0 spiro atoms. The number of carbonyl (C=O) groups is 3. The Balaban J connectivity index is 1.53. The summed E-state index contributed by atoms with van der Waals surface area (Å²) in [6.07, 6.45) is 0.412. The first-order chi connectivity index (χ1) is 19.1. The second-order valence-electron chi connectivity index (χ2n) is 13.8. The van der Waals surface area contributed by atoms with Crippen molar-refractivity contribution in [1.82, 2.24) is 0 Å². The number of halogens is 3. The molecule has 0 aromatic carbocycles. The van der Waals surface area contributed by atoms with Gasteiger partial charge < -0.3 is 19.3 Å². The molecule has 5 aliphatic carbocycles. The average Bonchev–Trinajstić information content (AvgIpc) is 3.08. The molecule has 0 heterocycles. The van der Waals surface area contributed by atoms with E-state index in [1.54, 1.807) is 13.8 Å². The Hall–Kier alpha value is -2.36. The maximum Gasteiger partial charge on any atom is 0.509 e. The summed E-state index contributed by atoms with van der Waals surface area (Å²) in [5, 5.41) is 11.6. The third-order valence-electron chi connectivity index (χ3n) is 11.3. The van der Waals surface area contributed by atoms with Gasteiger partial charge in [-0.3, -0.25) is 4.79 Å². The number of hydrogen-bond donors (Lipinski definition) is 1. The highest BCUT2D eigenvalue weighted by Crippen LogP contribution is 2.71. The summed E-state index contributed by atoms with van der Waals surface area (Å²) in [4.78, 5) is 39.0. The molecule has 10 heteroatoms. The highest BCUT2D eigenvalue weighted by molar-refractivity contribution is 6.01. The van der Waals surface area contributed by atoms with Crippen molar-refractivity contribution in [2.45, 2.75) is 103 Å². The number of rotatable bonds is 4. The number of alkyl halides is 3. The average molecular weight is 583 g/mol. The van der Waals surface area contributed by atoms with Gasteiger partial charge in [0, 0.05) is 22.7 Å². The minimum absolute atomic E-state index is 0.0173. The minimum atomic E-state index is -2.38. The third-order valence-corrected chi connectivity index (χ3v) is 11.3. The number of fused-ring (bicyclic) bond motifs is 5. The van der Waals surface area contributed by atoms with Crippen LogP contribution in [0.15, 0.2) is 23.8 Å². The smallest absolute Gasteiger partial charge is 0.431 e. The molecule has 4 fully saturated rings. The van der Waals surface area contributed by atoms with Crippen LogP contribution in [0.3, 0.4) is 0 Å². The standard InChI is InChI=1S/C31H41F3O7/c1-16-8-17(2)10-20(9-16)40-27(38)41-31(26(37)39-15-32)18(3)11-21-22-13-24(33)23-12-19(35)6-7-28(23,4)30(22,34)25(36)14-29(21,31)5/h6-7,12,16-18,20-22,24-25,36H,8-11,13-15H2,1-5H3/t16-,17+,18-,20-,21+,22+,24+,25+,28+,29+,30+,31+/m1/s1. The van der Waals surface area contributed by atoms with Crippen molar-refractivity contribution in [3.05, 3.63) is 23.8 Å². The number of hydrogen-bond acceptors (Lipinski definition) is 7. The predicted octanol–water partition coefficient (Wildman–Crippen LogP) is 5.74. The van der Waals surface area contributed by atoms with E-state index < -0.39 is 83.0 Å². The van der Waals surface area contributed by atoms with E-state index in [2.05, 4.69) is 13.8 Å². The van der Waals surface area contributed by atoms with Crippen LogP contribution in [-0.4, -0.2) is 59.5 Å². The van der Waals surface area contributed by atoms with Gasteiger partial charge in [0.2, 0.25) is 12.5 Å². The van der Waals surface area contributed by atoms with E-state index in [1.165, 1.54) is 19.1 Å². The first kappa shape index (κ1) is 30.1. The first-order valence-electron chi connectivity index (χ1n) is 14.7. The molecule has 0 saturated heterocycles. The van der Waals surface area contributed by atoms with Gasteiger partial charge in [-0.05, 0) is 80.9 Å². The number of aliphatic hydroxyl groups excluding tert-OH is 1. The summed E-state index contributed by atoms with van der Waals surface area (Å²) in [6, 6.07) is 0. The minimum Gasteiger partial charge on any atom is -0.431 e. The second kappa shape index (κ2) is 10.1. The highest BCUT2D eigenvalue weighted by Gasteiger charge is 2.79. The van der Waals surface area contributed by atoms with Crippen molar-refractivity contribution in [2.75, 3.05) is 6.86 Å². The molecule has 1 N–H and O–H groups in total. The zero-order valence-electron chi connectivity index (χ0n) is 24.3. The quantitative estimate of drug-likeness (QED) is 0.422. The molecule has 12 atom stereocenters. The number of aliphatic hydroxyl groups is 1. The van der Waals surface area contributed by atoms with E-state index in [-0.39, 0.29) is 24.8 Å². The van der Waals surface area contributed by atoms with Crippen molar-refractivity contribution >= 4 is 17.9 Å². The van der Waals surface area contributed by atoms with Gasteiger partial charge in [-0.2, -0.15) is 0 Å². The summed E-state index contributed by atoms with van der Waals surface area (Å²) in [7, 11) is 0. The molecular weight excluding hydrogens is 541 g/mol. The van der Waals surface area contributed by atoms with Crippen molar-refractivity contribution in [1.29, 1.82) is 0 Å². The van der Waals surface area contributed by atoms with Crippen LogP contribution in [0.25, 0.3) is 0 Å². The Kier molecular flexibility index (Phi) is 7.44. The van der Waals surface area contributed by atoms with Gasteiger partial charge in [0.1, 0.15) is 12.3 Å². The third kappa shape index (κ3) is 4.20. The van der Waals surface area contributed by atoms with Crippen LogP contribution in [0, 0.1) is 40.4 Å². The summed E-state index contributed by atoms with van der Waals surface area (Å²) >= 11 is 0. The molecule has 0 aliphatic heterocycles. The van der Waals surface area contributed by atoms with Gasteiger partial charge in [0.15, 0.2) is 11.5 Å². The van der Waals surface area contributed by atoms with Gasteiger partial charge in [0.25, 0.3) is 0 Å². The predicted molar refractivity (Wildman–Crippen MR) is 142 cm³/mol. The van der Waals surface area contributed by atoms with Gasteiger partial charge in [-0.1, -0.05) is 33.8 Å². The largest absolute Gasteiger partial charge is 0.509 e. The van der Waals surface area contributed by atoms with E-state index in [9.17, 15) is 23.9 Å². The topological polar surface area (TPSA) is 99.1 Å². The van der Waals surface area contributed by atoms with Crippen LogP contribution in [-0.2, 0) is 23.8 Å². The fourth-order valence-electron chi connectivity index (χ4n) is 9.64. The fraction of sp³-hybridized carbons (Fsp3) is 0.774. The molecule has 0 aromatic rings. The number of allylic oxidation sites excluding steroid dienone is 4. The monoisotopic (exact) mass is 582 g/mol. The molecule has 0 amide bonds. The molecule has 0 aromatic heterocycles. The molecule has 41 heavy (non-hydrogen) atoms. The lowest BCUT2D eigenvalue weighted by atomic mass is 9.44. The van der Waals surface area contributed by atoms with Crippen molar-refractivity contribution < 1.29 is 46.9 Å². The van der Waals surface area contributed by atoms with Gasteiger partial charge in [-0.25, -0.2) is 22.8 Å². The molecule has 5 rings (SSSR count). The second-order valence-corrected chi connectivity index (χ2v) is 13.8. The van der Waals surface area contributed by atoms with E-state index in [0.717, 1.165) is 12.5 Å². The maximum absolute atomic E-state index is 17.5. The SMILES string of the molecule is C[C@@H]1C[C@H](C)C[C@H](OC(=O)O[C@]2(C(=O)OCF)[C@H](C)C[C@H]3[C@@H]4C[C@H](F)C5=CC(=O)C=C[C@]5(C)[C@@]4(F)[C@@H](O)C[C@@]32C)C1. The van der Waals surface area contributed by atoms with Crippen LogP contribution in [0.2, 0.25) is 0 Å². The normalized spacial score (nSPS) is 48.8. The van der Waals surface area contributed by atoms with Crippen LogP contribution in [0.1, 0.15) is 73.1 Å². The lowest BCUT2D eigenvalue weighted by molar-refractivity contribution is -0.235. The lowest BCUT2D eigenvalue weighted by Gasteiger charge is -2.62. The Morgan fingerprint density at radius 2 is 1.71 bits per heavy atom. The number of ether oxygens (including phenoxy) is 3. The highest BCUT2D eigenvalue weighted by atomic mass is 19.1. The summed E-state index contributed by atoms with van der Waals surface area (Å²) < 4.78 is 63.1. The van der Waals surface area contributed by atoms with Crippen LogP contribution < -0.4 is 0 Å². The molecule has 5 aliphatic rings. The van der Waals surface area contributed by atoms with Gasteiger partial charge >= 0.3 is 12.1 Å². The van der Waals surface area contributed by atoms with E-state index >= 15 is 8.78 Å². The van der Waals surface area contributed by atoms with Crippen LogP contribution >= 0.6 is 0 Å². The number of carbonyl (C=O) groups excluding carboxylic acids is 3. The van der Waals surface area contributed by atoms with E-state index in [1.807, 2.05) is 0 Å². The van der Waals surface area contributed by atoms with Crippen molar-refractivity contribution in [3.63, 3.8) is 0 Å². The molecular formula is C31H41F3O7. The Morgan fingerprint density at radius 1 is 1.05 bits per heavy atom. The summed E-state index contributed by atoms with van der Waals surface area (Å²) in [5.41, 5.74) is -7.54. The lowest BCUT2D eigenvalue weighted by Crippen LogP contribution is -2.71. The summed E-state index contributed by atoms with van der Waals surface area (Å²) in [6.45, 7) is 7.37. The molecule has 4 saturated carbocycles. The van der Waals surface area contributed by atoms with Gasteiger partial charge in [-0.15, -0.1) is 0 Å². The molecule has 7 nitrogen and oxygen atoms in total. The molecule has 228 valence electrons. The van der Waals surface area contributed by atoms with Crippen LogP contribution in [0.5, 0.6) is 0 Å². The Bertz CT molecular complexity index is 1160. The number of ketones is 1. The Labute approximate surface area is 238 Å². The number of esters is 1. The Morgan fingerprint density at radius 3 is 2.34 bits per heavy atom. The van der Waals surface area contributed by atoms with Crippen molar-refractivity contribution in [3.8, 4) is 0 Å². The van der Waals surface area contributed by atoms with E-state index in [4.69, 9.17) is 14.2 Å². The summed E-state index contributed by atoms with van der Waals surface area (Å²) in [5.74, 6) is -3.57. The first-order valence-corrected chi connectivity index (χ1v) is 14.7. The molecule has 0 radical (unpaired) electrons. The van der Waals surface area contributed by atoms with Gasteiger partial charge in [0.05, 0.1) is 6.10 Å². The fourth-order valence-corrected chi connectivity index (χ4v) is 9.64. The zero-order valence-corrected chi connectivity index (χ0v) is 24.3. The zero-order chi connectivity index (χ0) is 30.1. The molecule has 0 bridgehead atoms. The molecule has 0 unspecified atom stereocenters. The van der Waals surface area contributed by atoms with Crippen LogP contribution in [0.4, 0.5) is 18.0 Å². The van der Waals surface area contributed by atoms with E-state index in [0.29, 0.717) is 24.7 Å².